The van der Waals surface area contributed by atoms with Gasteiger partial charge in [-0.2, -0.15) is 5.26 Å². The number of amides is 1. The van der Waals surface area contributed by atoms with Crippen molar-refractivity contribution in [3.05, 3.63) is 52.3 Å². The summed E-state index contributed by atoms with van der Waals surface area (Å²) in [5.41, 5.74) is -1.59. The van der Waals surface area contributed by atoms with E-state index >= 15 is 0 Å². The summed E-state index contributed by atoms with van der Waals surface area (Å²) in [4.78, 5) is 34.7. The van der Waals surface area contributed by atoms with Gasteiger partial charge in [-0.05, 0) is 25.1 Å². The van der Waals surface area contributed by atoms with Gasteiger partial charge < -0.3 is 15.0 Å². The van der Waals surface area contributed by atoms with Crippen LogP contribution in [-0.2, 0) is 11.8 Å². The normalized spacial score (nSPS) is 10.2. The standard InChI is InChI=1S/C16H11F2N3O4/c1-7-11(14(22)16(24)25)12(18)13(21(7)2)15(23)20-9-3-4-10(17)8(5-9)6-19/h3-5H,1-2H3,(H,20,23)(H,24,25). The minimum Gasteiger partial charge on any atom is -0.475 e. The summed E-state index contributed by atoms with van der Waals surface area (Å²) in [6.45, 7) is 1.29. The highest BCUT2D eigenvalue weighted by Crippen LogP contribution is 2.23. The molecule has 0 unspecified atom stereocenters. The molecule has 0 aliphatic rings. The quantitative estimate of drug-likeness (QED) is 0.649. The number of hydrogen-bond acceptors (Lipinski definition) is 4. The highest BCUT2D eigenvalue weighted by atomic mass is 19.1. The maximum Gasteiger partial charge on any atom is 0.377 e. The summed E-state index contributed by atoms with van der Waals surface area (Å²) in [6, 6.07) is 4.79. The van der Waals surface area contributed by atoms with Crippen LogP contribution in [0.25, 0.3) is 0 Å². The van der Waals surface area contributed by atoms with Crippen LogP contribution in [0.3, 0.4) is 0 Å². The van der Waals surface area contributed by atoms with Crippen LogP contribution in [0.15, 0.2) is 18.2 Å². The Morgan fingerprint density at radius 2 is 1.92 bits per heavy atom. The first kappa shape index (κ1) is 17.8. The van der Waals surface area contributed by atoms with E-state index in [-0.39, 0.29) is 16.9 Å². The zero-order valence-corrected chi connectivity index (χ0v) is 13.1. The van der Waals surface area contributed by atoms with E-state index in [1.165, 1.54) is 20.0 Å². The van der Waals surface area contributed by atoms with Gasteiger partial charge in [-0.25, -0.2) is 13.6 Å². The van der Waals surface area contributed by atoms with Gasteiger partial charge in [0.2, 0.25) is 0 Å². The van der Waals surface area contributed by atoms with Crippen molar-refractivity contribution >= 4 is 23.3 Å². The molecule has 0 bridgehead atoms. The minimum atomic E-state index is -1.85. The lowest BCUT2D eigenvalue weighted by atomic mass is 10.1. The fourth-order valence-electron chi connectivity index (χ4n) is 2.26. The van der Waals surface area contributed by atoms with Crippen molar-refractivity contribution in [2.24, 2.45) is 7.05 Å². The number of nitriles is 1. The number of rotatable bonds is 4. The second kappa shape index (κ2) is 6.52. The van der Waals surface area contributed by atoms with E-state index < -0.39 is 40.6 Å². The molecule has 1 amide bonds. The number of Topliss-reactive ketones (excluding diaryl/α,β-unsaturated/α-hetero) is 1. The molecule has 9 heteroatoms. The molecule has 0 saturated carbocycles. The third-order valence-corrected chi connectivity index (χ3v) is 3.61. The number of halogens is 2. The Balaban J connectivity index is 2.44. The van der Waals surface area contributed by atoms with Crippen molar-refractivity contribution in [3.63, 3.8) is 0 Å². The summed E-state index contributed by atoms with van der Waals surface area (Å²) in [7, 11) is 1.29. The Bertz CT molecular complexity index is 957. The SMILES string of the molecule is Cc1c(C(=O)C(=O)O)c(F)c(C(=O)Nc2ccc(F)c(C#N)c2)n1C. The topological polar surface area (TPSA) is 112 Å². The summed E-state index contributed by atoms with van der Waals surface area (Å²) < 4.78 is 28.8. The predicted molar refractivity (Wildman–Crippen MR) is 81.1 cm³/mol. The first-order valence-corrected chi connectivity index (χ1v) is 6.82. The van der Waals surface area contributed by atoms with Gasteiger partial charge in [0.25, 0.3) is 11.7 Å². The molecule has 2 aromatic rings. The Labute approximate surface area is 140 Å². The number of carbonyl (C=O) groups excluding carboxylic acids is 2. The third-order valence-electron chi connectivity index (χ3n) is 3.61. The lowest BCUT2D eigenvalue weighted by molar-refractivity contribution is -0.131. The molecule has 2 rings (SSSR count). The van der Waals surface area contributed by atoms with E-state index in [2.05, 4.69) is 5.32 Å². The summed E-state index contributed by atoms with van der Waals surface area (Å²) in [5, 5.41) is 19.8. The van der Waals surface area contributed by atoms with E-state index in [4.69, 9.17) is 10.4 Å². The average Bonchev–Trinajstić information content (AvgIpc) is 2.78. The number of anilines is 1. The number of nitrogens with zero attached hydrogens (tertiary/aromatic N) is 2. The molecule has 0 atom stereocenters. The molecule has 0 aliphatic carbocycles. The molecule has 25 heavy (non-hydrogen) atoms. The maximum atomic E-state index is 14.4. The van der Waals surface area contributed by atoms with Crippen molar-refractivity contribution in [2.45, 2.75) is 6.92 Å². The first-order chi connectivity index (χ1) is 11.7. The molecule has 0 fully saturated rings. The van der Waals surface area contributed by atoms with Gasteiger partial charge in [0, 0.05) is 18.4 Å². The second-order valence-electron chi connectivity index (χ2n) is 5.08. The van der Waals surface area contributed by atoms with Crippen molar-refractivity contribution < 1.29 is 28.3 Å². The number of carboxylic acids is 1. The number of aromatic nitrogens is 1. The number of hydrogen-bond donors (Lipinski definition) is 2. The van der Waals surface area contributed by atoms with E-state index in [0.717, 1.165) is 16.7 Å². The lowest BCUT2D eigenvalue weighted by Gasteiger charge is -2.07. The molecule has 1 aromatic heterocycles. The number of carbonyl (C=O) groups is 3. The molecular formula is C16H11F2N3O4. The molecule has 0 radical (unpaired) electrons. The van der Waals surface area contributed by atoms with Crippen molar-refractivity contribution in [3.8, 4) is 6.07 Å². The van der Waals surface area contributed by atoms with E-state index in [0.29, 0.717) is 0 Å². The van der Waals surface area contributed by atoms with Crippen molar-refractivity contribution in [1.82, 2.24) is 4.57 Å². The number of benzene rings is 1. The van der Waals surface area contributed by atoms with Gasteiger partial charge >= 0.3 is 5.97 Å². The average molecular weight is 347 g/mol. The van der Waals surface area contributed by atoms with Crippen LogP contribution in [0.1, 0.15) is 32.1 Å². The lowest BCUT2D eigenvalue weighted by Crippen LogP contribution is -2.18. The fourth-order valence-corrected chi connectivity index (χ4v) is 2.26. The van der Waals surface area contributed by atoms with Crippen LogP contribution in [-0.4, -0.2) is 27.3 Å². The van der Waals surface area contributed by atoms with Gasteiger partial charge in [-0.15, -0.1) is 0 Å². The van der Waals surface area contributed by atoms with Gasteiger partial charge in [-0.1, -0.05) is 0 Å². The Morgan fingerprint density at radius 1 is 1.28 bits per heavy atom. The minimum absolute atomic E-state index is 0.0346. The van der Waals surface area contributed by atoms with Gasteiger partial charge in [0.05, 0.1) is 11.1 Å². The fraction of sp³-hybridized carbons (Fsp3) is 0.125. The zero-order chi connectivity index (χ0) is 18.9. The Hall–Kier alpha value is -3.54. The van der Waals surface area contributed by atoms with Crippen molar-refractivity contribution in [1.29, 1.82) is 5.26 Å². The van der Waals surface area contributed by atoms with Gasteiger partial charge in [-0.3, -0.25) is 9.59 Å². The molecular weight excluding hydrogens is 336 g/mol. The van der Waals surface area contributed by atoms with Gasteiger partial charge in [0.15, 0.2) is 5.82 Å². The summed E-state index contributed by atoms with van der Waals surface area (Å²) >= 11 is 0. The van der Waals surface area contributed by atoms with Crippen LogP contribution in [0.5, 0.6) is 0 Å². The van der Waals surface area contributed by atoms with Crippen LogP contribution >= 0.6 is 0 Å². The molecule has 1 heterocycles. The summed E-state index contributed by atoms with van der Waals surface area (Å²) in [6.07, 6.45) is 0. The van der Waals surface area contributed by atoms with E-state index in [9.17, 15) is 23.2 Å². The third kappa shape index (κ3) is 3.10. The smallest absolute Gasteiger partial charge is 0.377 e. The van der Waals surface area contributed by atoms with E-state index in [1.807, 2.05) is 0 Å². The van der Waals surface area contributed by atoms with Crippen LogP contribution in [0, 0.1) is 29.9 Å². The van der Waals surface area contributed by atoms with Crippen LogP contribution < -0.4 is 5.32 Å². The predicted octanol–water partition coefficient (Wildman–Crippen LogP) is 2.00. The van der Waals surface area contributed by atoms with Crippen molar-refractivity contribution in [2.75, 3.05) is 5.32 Å². The monoisotopic (exact) mass is 347 g/mol. The van der Waals surface area contributed by atoms with Crippen LogP contribution in [0.2, 0.25) is 0 Å². The number of ketones is 1. The number of aliphatic carboxylic acids is 1. The Morgan fingerprint density at radius 3 is 2.48 bits per heavy atom. The molecule has 2 N–H and O–H groups in total. The highest BCUT2D eigenvalue weighted by molar-refractivity contribution is 6.40. The molecule has 128 valence electrons. The summed E-state index contributed by atoms with van der Waals surface area (Å²) in [5.74, 6) is -6.36. The molecule has 1 aromatic carbocycles. The first-order valence-electron chi connectivity index (χ1n) is 6.82. The Kier molecular flexibility index (Phi) is 4.65. The molecule has 0 aliphatic heterocycles. The molecule has 0 saturated heterocycles. The number of nitrogens with one attached hydrogen (secondary N) is 1. The number of carboxylic acid groups (broad SMARTS) is 1. The maximum absolute atomic E-state index is 14.4. The highest BCUT2D eigenvalue weighted by Gasteiger charge is 2.31. The van der Waals surface area contributed by atoms with E-state index in [1.54, 1.807) is 6.07 Å². The molecule has 7 nitrogen and oxygen atoms in total. The van der Waals surface area contributed by atoms with Crippen LogP contribution in [0.4, 0.5) is 14.5 Å². The zero-order valence-electron chi connectivity index (χ0n) is 13.1. The van der Waals surface area contributed by atoms with Gasteiger partial charge in [0.1, 0.15) is 17.6 Å². The second-order valence-corrected chi connectivity index (χ2v) is 5.08. The molecule has 0 spiro atoms. The largest absolute Gasteiger partial charge is 0.475 e.